The van der Waals surface area contributed by atoms with E-state index in [9.17, 15) is 18.3 Å². The maximum absolute atomic E-state index is 12.6. The van der Waals surface area contributed by atoms with Gasteiger partial charge in [0, 0.05) is 25.8 Å². The van der Waals surface area contributed by atoms with Crippen molar-refractivity contribution in [2.24, 2.45) is 0 Å². The summed E-state index contributed by atoms with van der Waals surface area (Å²) in [6.45, 7) is 1.86. The van der Waals surface area contributed by atoms with E-state index < -0.39 is 17.3 Å². The Bertz CT molecular complexity index is 490. The topological polar surface area (TPSA) is 39.6 Å². The first-order chi connectivity index (χ1) is 10.2. The van der Waals surface area contributed by atoms with Gasteiger partial charge in [-0.25, -0.2) is 4.98 Å². The number of rotatable bonds is 3. The minimum absolute atomic E-state index is 0.530. The molecule has 22 heavy (non-hydrogen) atoms. The third kappa shape index (κ3) is 4.33. The number of anilines is 1. The van der Waals surface area contributed by atoms with Gasteiger partial charge < -0.3 is 14.9 Å². The van der Waals surface area contributed by atoms with Crippen LogP contribution in [-0.4, -0.2) is 54.3 Å². The molecule has 2 rings (SSSR count). The first kappa shape index (κ1) is 17.0. The molecule has 0 aliphatic carbocycles. The van der Waals surface area contributed by atoms with E-state index in [-0.39, 0.29) is 0 Å². The van der Waals surface area contributed by atoms with Gasteiger partial charge in [0.1, 0.15) is 5.82 Å². The van der Waals surface area contributed by atoms with Crippen LogP contribution in [0.25, 0.3) is 0 Å². The zero-order chi connectivity index (χ0) is 16.4. The van der Waals surface area contributed by atoms with Gasteiger partial charge in [-0.05, 0) is 45.5 Å². The van der Waals surface area contributed by atoms with E-state index in [4.69, 9.17) is 0 Å². The Morgan fingerprint density at radius 2 is 2.00 bits per heavy atom. The zero-order valence-corrected chi connectivity index (χ0v) is 12.9. The van der Waals surface area contributed by atoms with Gasteiger partial charge >= 0.3 is 6.18 Å². The van der Waals surface area contributed by atoms with Crippen molar-refractivity contribution >= 4 is 5.82 Å². The van der Waals surface area contributed by atoms with Gasteiger partial charge in [-0.2, -0.15) is 13.2 Å². The van der Waals surface area contributed by atoms with Gasteiger partial charge in [0.05, 0.1) is 11.2 Å². The molecule has 1 N–H and O–H groups in total. The molecule has 0 amide bonds. The van der Waals surface area contributed by atoms with E-state index in [1.54, 1.807) is 0 Å². The molecule has 1 atom stereocenters. The largest absolute Gasteiger partial charge is 0.417 e. The Morgan fingerprint density at radius 3 is 2.55 bits per heavy atom. The fourth-order valence-corrected chi connectivity index (χ4v) is 2.90. The van der Waals surface area contributed by atoms with E-state index in [0.29, 0.717) is 38.3 Å². The maximum atomic E-state index is 12.6. The molecular formula is C15H22F3N3O. The van der Waals surface area contributed by atoms with Gasteiger partial charge in [0.15, 0.2) is 0 Å². The van der Waals surface area contributed by atoms with Crippen molar-refractivity contribution in [3.8, 4) is 0 Å². The summed E-state index contributed by atoms with van der Waals surface area (Å²) < 4.78 is 37.7. The molecule has 1 aromatic heterocycles. The second-order valence-electron chi connectivity index (χ2n) is 6.21. The lowest BCUT2D eigenvalue weighted by molar-refractivity contribution is -0.137. The highest BCUT2D eigenvalue weighted by molar-refractivity contribution is 5.40. The number of halogens is 3. The molecule has 4 nitrogen and oxygen atoms in total. The Labute approximate surface area is 128 Å². The second kappa shape index (κ2) is 6.42. The van der Waals surface area contributed by atoms with Crippen molar-refractivity contribution < 1.29 is 18.3 Å². The number of nitrogens with zero attached hydrogens (tertiary/aromatic N) is 3. The highest BCUT2D eigenvalue weighted by Crippen LogP contribution is 2.30. The molecule has 1 saturated heterocycles. The fourth-order valence-electron chi connectivity index (χ4n) is 2.90. The van der Waals surface area contributed by atoms with E-state index >= 15 is 0 Å². The number of aromatic nitrogens is 1. The van der Waals surface area contributed by atoms with Gasteiger partial charge in [0.2, 0.25) is 0 Å². The summed E-state index contributed by atoms with van der Waals surface area (Å²) in [7, 11) is 3.83. The van der Waals surface area contributed by atoms with E-state index in [1.807, 2.05) is 23.9 Å². The smallest absolute Gasteiger partial charge is 0.388 e. The Hall–Kier alpha value is -1.34. The first-order valence-electron chi connectivity index (χ1n) is 7.35. The number of hydrogen-bond acceptors (Lipinski definition) is 4. The Kier molecular flexibility index (Phi) is 4.97. The van der Waals surface area contributed by atoms with E-state index in [0.717, 1.165) is 18.7 Å². The van der Waals surface area contributed by atoms with Crippen LogP contribution in [0, 0.1) is 0 Å². The molecule has 1 aliphatic heterocycles. The molecule has 124 valence electrons. The summed E-state index contributed by atoms with van der Waals surface area (Å²) in [6, 6.07) is 2.46. The number of hydrogen-bond donors (Lipinski definition) is 1. The molecular weight excluding hydrogens is 295 g/mol. The first-order valence-corrected chi connectivity index (χ1v) is 7.35. The van der Waals surface area contributed by atoms with Crippen LogP contribution in [0.4, 0.5) is 19.0 Å². The molecule has 1 aromatic rings. The predicted octanol–water partition coefficient (Wildman–Crippen LogP) is 2.38. The lowest BCUT2D eigenvalue weighted by Gasteiger charge is -2.30. The van der Waals surface area contributed by atoms with Crippen LogP contribution in [0.1, 0.15) is 24.8 Å². The van der Waals surface area contributed by atoms with Crippen LogP contribution in [-0.2, 0) is 6.18 Å². The third-order valence-electron chi connectivity index (χ3n) is 3.93. The minimum atomic E-state index is -4.36. The van der Waals surface area contributed by atoms with Gasteiger partial charge in [-0.15, -0.1) is 0 Å². The summed E-state index contributed by atoms with van der Waals surface area (Å²) in [4.78, 5) is 7.82. The number of pyridine rings is 1. The van der Waals surface area contributed by atoms with Gasteiger partial charge in [-0.1, -0.05) is 0 Å². The van der Waals surface area contributed by atoms with E-state index in [2.05, 4.69) is 4.98 Å². The summed E-state index contributed by atoms with van der Waals surface area (Å²) in [6.07, 6.45) is -1.45. The number of likely N-dealkylation sites (N-methyl/N-ethyl adjacent to an activating group) is 1. The average Bonchev–Trinajstić information content (AvgIpc) is 2.59. The molecule has 1 fully saturated rings. The van der Waals surface area contributed by atoms with Crippen LogP contribution < -0.4 is 4.90 Å². The molecule has 7 heteroatoms. The van der Waals surface area contributed by atoms with Crippen molar-refractivity contribution in [3.63, 3.8) is 0 Å². The molecule has 1 aliphatic rings. The molecule has 0 spiro atoms. The maximum Gasteiger partial charge on any atom is 0.417 e. The van der Waals surface area contributed by atoms with Crippen molar-refractivity contribution in [2.75, 3.05) is 38.6 Å². The molecule has 0 saturated carbocycles. The number of alkyl halides is 3. The molecule has 1 unspecified atom stereocenters. The third-order valence-corrected chi connectivity index (χ3v) is 3.93. The van der Waals surface area contributed by atoms with Crippen molar-refractivity contribution in [1.82, 2.24) is 9.88 Å². The van der Waals surface area contributed by atoms with Crippen LogP contribution in [0.5, 0.6) is 0 Å². The monoisotopic (exact) mass is 317 g/mol. The highest BCUT2D eigenvalue weighted by atomic mass is 19.4. The fraction of sp³-hybridized carbons (Fsp3) is 0.667. The van der Waals surface area contributed by atoms with Crippen molar-refractivity contribution in [3.05, 3.63) is 23.9 Å². The minimum Gasteiger partial charge on any atom is -0.388 e. The normalized spacial score (nSPS) is 23.7. The van der Waals surface area contributed by atoms with Crippen LogP contribution in [0.3, 0.4) is 0 Å². The van der Waals surface area contributed by atoms with Gasteiger partial charge in [-0.3, -0.25) is 0 Å². The van der Waals surface area contributed by atoms with Crippen LogP contribution in [0.15, 0.2) is 18.3 Å². The quantitative estimate of drug-likeness (QED) is 0.929. The summed E-state index contributed by atoms with van der Waals surface area (Å²) in [5.41, 5.74) is -1.49. The van der Waals surface area contributed by atoms with Gasteiger partial charge in [0.25, 0.3) is 0 Å². The lowest BCUT2D eigenvalue weighted by Crippen LogP contribution is -2.41. The Morgan fingerprint density at radius 1 is 1.27 bits per heavy atom. The Balaban J connectivity index is 2.05. The summed E-state index contributed by atoms with van der Waals surface area (Å²) >= 11 is 0. The number of aliphatic hydroxyl groups is 1. The predicted molar refractivity (Wildman–Crippen MR) is 78.8 cm³/mol. The molecule has 2 heterocycles. The highest BCUT2D eigenvalue weighted by Gasteiger charge is 2.32. The average molecular weight is 317 g/mol. The summed E-state index contributed by atoms with van der Waals surface area (Å²) in [5.74, 6) is 0.530. The van der Waals surface area contributed by atoms with Crippen LogP contribution in [0.2, 0.25) is 0 Å². The van der Waals surface area contributed by atoms with Crippen molar-refractivity contribution in [2.45, 2.75) is 31.0 Å². The SMILES string of the molecule is CN(C)CC1(O)CCCN(c2ccc(C(F)(F)F)cn2)CC1. The second-order valence-corrected chi connectivity index (χ2v) is 6.21. The van der Waals surface area contributed by atoms with Crippen LogP contribution >= 0.6 is 0 Å². The summed E-state index contributed by atoms with van der Waals surface area (Å²) in [5, 5.41) is 10.6. The van der Waals surface area contributed by atoms with Crippen molar-refractivity contribution in [1.29, 1.82) is 0 Å². The molecule has 0 bridgehead atoms. The molecule has 0 aromatic carbocycles. The lowest BCUT2D eigenvalue weighted by atomic mass is 9.94. The standard InChI is InChI=1S/C15H22F3N3O/c1-20(2)11-14(22)6-3-8-21(9-7-14)13-5-4-12(10-19-13)15(16,17)18/h4-5,10,22H,3,6-9,11H2,1-2H3. The zero-order valence-electron chi connectivity index (χ0n) is 12.9. The van der Waals surface area contributed by atoms with E-state index in [1.165, 1.54) is 6.07 Å². The molecule has 0 radical (unpaired) electrons.